The van der Waals surface area contributed by atoms with Crippen LogP contribution < -0.4 is 5.73 Å². The van der Waals surface area contributed by atoms with Crippen LogP contribution in [0.4, 0.5) is 5.69 Å². The van der Waals surface area contributed by atoms with Crippen LogP contribution in [-0.2, 0) is 11.3 Å². The number of nitrogen functional groups attached to an aromatic ring is 1. The van der Waals surface area contributed by atoms with Crippen molar-refractivity contribution in [2.45, 2.75) is 39.0 Å². The molecule has 3 nitrogen and oxygen atoms in total. The lowest BCUT2D eigenvalue weighted by atomic mass is 10.1. The summed E-state index contributed by atoms with van der Waals surface area (Å²) in [5, 5.41) is 1.05. The molecule has 2 unspecified atom stereocenters. The van der Waals surface area contributed by atoms with Gasteiger partial charge in [-0.15, -0.1) is 0 Å². The molecule has 106 valence electrons. The first-order valence-electron chi connectivity index (χ1n) is 6.60. The highest BCUT2D eigenvalue weighted by Gasteiger charge is 2.25. The number of anilines is 1. The van der Waals surface area contributed by atoms with Crippen molar-refractivity contribution < 1.29 is 4.74 Å². The van der Waals surface area contributed by atoms with Crippen LogP contribution in [0, 0.1) is 0 Å². The van der Waals surface area contributed by atoms with Crippen LogP contribution in [0.1, 0.15) is 25.8 Å². The first-order valence-corrected chi connectivity index (χ1v) is 7.36. The van der Waals surface area contributed by atoms with Crippen LogP contribution in [0.3, 0.4) is 0 Å². The summed E-state index contributed by atoms with van der Waals surface area (Å²) in [6, 6.07) is 4.25. The summed E-state index contributed by atoms with van der Waals surface area (Å²) < 4.78 is 5.70. The molecule has 0 aliphatic carbocycles. The van der Waals surface area contributed by atoms with Crippen LogP contribution >= 0.6 is 23.2 Å². The topological polar surface area (TPSA) is 38.5 Å². The van der Waals surface area contributed by atoms with Crippen LogP contribution in [-0.4, -0.2) is 30.2 Å². The van der Waals surface area contributed by atoms with Crippen molar-refractivity contribution in [3.63, 3.8) is 0 Å². The Labute approximate surface area is 124 Å². The first-order chi connectivity index (χ1) is 9.01. The van der Waals surface area contributed by atoms with Crippen molar-refractivity contribution >= 4 is 28.9 Å². The fraction of sp³-hybridized carbons (Fsp3) is 0.571. The summed E-state index contributed by atoms with van der Waals surface area (Å²) in [4.78, 5) is 2.42. The van der Waals surface area contributed by atoms with E-state index in [2.05, 4.69) is 18.7 Å². The monoisotopic (exact) mass is 302 g/mol. The number of halogens is 2. The summed E-state index contributed by atoms with van der Waals surface area (Å²) in [5.74, 6) is 0. The van der Waals surface area contributed by atoms with Gasteiger partial charge >= 0.3 is 0 Å². The van der Waals surface area contributed by atoms with Gasteiger partial charge < -0.3 is 10.5 Å². The molecule has 1 aromatic carbocycles. The molecular formula is C14H20Cl2N2O. The summed E-state index contributed by atoms with van der Waals surface area (Å²) >= 11 is 12.2. The van der Waals surface area contributed by atoms with E-state index in [9.17, 15) is 0 Å². The average molecular weight is 303 g/mol. The van der Waals surface area contributed by atoms with Gasteiger partial charge in [0.2, 0.25) is 0 Å². The lowest BCUT2D eigenvalue weighted by Gasteiger charge is -2.38. The minimum Gasteiger partial charge on any atom is -0.396 e. The van der Waals surface area contributed by atoms with Crippen molar-refractivity contribution in [2.24, 2.45) is 0 Å². The fourth-order valence-corrected chi connectivity index (χ4v) is 2.98. The van der Waals surface area contributed by atoms with E-state index in [0.29, 0.717) is 21.8 Å². The maximum atomic E-state index is 6.08. The molecule has 2 rings (SSSR count). The van der Waals surface area contributed by atoms with E-state index in [1.165, 1.54) is 0 Å². The molecule has 0 aromatic heterocycles. The van der Waals surface area contributed by atoms with Crippen LogP contribution in [0.2, 0.25) is 10.0 Å². The van der Waals surface area contributed by atoms with Crippen molar-refractivity contribution in [3.05, 3.63) is 27.7 Å². The number of rotatable bonds is 3. The number of ether oxygens (including phenoxy) is 1. The molecule has 0 bridgehead atoms. The minimum absolute atomic E-state index is 0.266. The number of morpholine rings is 1. The number of hydrogen-bond donors (Lipinski definition) is 1. The largest absolute Gasteiger partial charge is 0.396 e. The summed E-state index contributed by atoms with van der Waals surface area (Å²) in [6.07, 6.45) is 1.34. The second-order valence-corrected chi connectivity index (χ2v) is 5.92. The Bertz CT molecular complexity index is 430. The Morgan fingerprint density at radius 3 is 2.58 bits per heavy atom. The highest BCUT2D eigenvalue weighted by atomic mass is 35.5. The van der Waals surface area contributed by atoms with E-state index < -0.39 is 0 Å². The number of benzene rings is 1. The van der Waals surface area contributed by atoms with E-state index >= 15 is 0 Å². The molecule has 19 heavy (non-hydrogen) atoms. The Morgan fingerprint density at radius 2 is 2.00 bits per heavy atom. The highest BCUT2D eigenvalue weighted by Crippen LogP contribution is 2.30. The van der Waals surface area contributed by atoms with E-state index in [1.54, 1.807) is 0 Å². The van der Waals surface area contributed by atoms with Gasteiger partial charge in [-0.3, -0.25) is 4.90 Å². The molecule has 1 aliphatic rings. The second-order valence-electron chi connectivity index (χ2n) is 5.11. The average Bonchev–Trinajstić information content (AvgIpc) is 2.36. The van der Waals surface area contributed by atoms with Gasteiger partial charge in [-0.05, 0) is 31.0 Å². The SMILES string of the molecule is CCC1COC(C)CN1Cc1cc(Cl)c(N)c(Cl)c1. The van der Waals surface area contributed by atoms with Gasteiger partial charge in [-0.25, -0.2) is 0 Å². The maximum Gasteiger partial charge on any atom is 0.0693 e. The zero-order valence-corrected chi connectivity index (χ0v) is 12.8. The summed E-state index contributed by atoms with van der Waals surface area (Å²) in [6.45, 7) is 6.82. The zero-order chi connectivity index (χ0) is 14.0. The van der Waals surface area contributed by atoms with Gasteiger partial charge in [0.25, 0.3) is 0 Å². The third-order valence-electron chi connectivity index (χ3n) is 3.58. The predicted octanol–water partition coefficient (Wildman–Crippen LogP) is 3.57. The smallest absolute Gasteiger partial charge is 0.0693 e. The third kappa shape index (κ3) is 3.54. The Hall–Kier alpha value is -0.480. The molecule has 0 radical (unpaired) electrons. The van der Waals surface area contributed by atoms with Crippen molar-refractivity contribution in [1.82, 2.24) is 4.90 Å². The van der Waals surface area contributed by atoms with E-state index in [0.717, 1.165) is 31.7 Å². The minimum atomic E-state index is 0.266. The molecular weight excluding hydrogens is 283 g/mol. The van der Waals surface area contributed by atoms with Crippen molar-refractivity contribution in [2.75, 3.05) is 18.9 Å². The summed E-state index contributed by atoms with van der Waals surface area (Å²) in [5.41, 5.74) is 7.31. The van der Waals surface area contributed by atoms with Gasteiger partial charge in [0.1, 0.15) is 0 Å². The van der Waals surface area contributed by atoms with Gasteiger partial charge in [-0.2, -0.15) is 0 Å². The lowest BCUT2D eigenvalue weighted by Crippen LogP contribution is -2.47. The molecule has 1 fully saturated rings. The van der Waals surface area contributed by atoms with Crippen molar-refractivity contribution in [1.29, 1.82) is 0 Å². The highest BCUT2D eigenvalue weighted by molar-refractivity contribution is 6.38. The molecule has 2 atom stereocenters. The standard InChI is InChI=1S/C14H20Cl2N2O/c1-3-11-8-19-9(2)6-18(11)7-10-4-12(15)14(17)13(16)5-10/h4-5,9,11H,3,6-8,17H2,1-2H3. The predicted molar refractivity (Wildman–Crippen MR) is 80.8 cm³/mol. The molecule has 0 spiro atoms. The molecule has 0 amide bonds. The molecule has 5 heteroatoms. The molecule has 1 heterocycles. The number of nitrogens with two attached hydrogens (primary N) is 1. The third-order valence-corrected chi connectivity index (χ3v) is 4.20. The number of nitrogens with zero attached hydrogens (tertiary/aromatic N) is 1. The lowest BCUT2D eigenvalue weighted by molar-refractivity contribution is -0.0591. The maximum absolute atomic E-state index is 6.08. The van der Waals surface area contributed by atoms with E-state index in [1.807, 2.05) is 12.1 Å². The van der Waals surface area contributed by atoms with Gasteiger partial charge in [-0.1, -0.05) is 30.1 Å². The van der Waals surface area contributed by atoms with Crippen molar-refractivity contribution in [3.8, 4) is 0 Å². The van der Waals surface area contributed by atoms with E-state index in [4.69, 9.17) is 33.7 Å². The molecule has 1 saturated heterocycles. The quantitative estimate of drug-likeness (QED) is 0.868. The molecule has 1 aliphatic heterocycles. The zero-order valence-electron chi connectivity index (χ0n) is 11.3. The number of hydrogen-bond acceptors (Lipinski definition) is 3. The van der Waals surface area contributed by atoms with E-state index in [-0.39, 0.29) is 6.10 Å². The molecule has 1 aromatic rings. The molecule has 2 N–H and O–H groups in total. The Balaban J connectivity index is 2.14. The molecule has 0 saturated carbocycles. The van der Waals surface area contributed by atoms with Gasteiger partial charge in [0.05, 0.1) is 28.4 Å². The second kappa shape index (κ2) is 6.31. The Kier molecular flexibility index (Phi) is 4.96. The van der Waals surface area contributed by atoms with Gasteiger partial charge in [0.15, 0.2) is 0 Å². The first kappa shape index (κ1) is 14.9. The van der Waals surface area contributed by atoms with Gasteiger partial charge in [0, 0.05) is 19.1 Å². The normalized spacial score (nSPS) is 24.6. The van der Waals surface area contributed by atoms with Crippen LogP contribution in [0.25, 0.3) is 0 Å². The van der Waals surface area contributed by atoms with Crippen LogP contribution in [0.15, 0.2) is 12.1 Å². The summed E-state index contributed by atoms with van der Waals surface area (Å²) in [7, 11) is 0. The Morgan fingerprint density at radius 1 is 1.37 bits per heavy atom. The fourth-order valence-electron chi connectivity index (χ4n) is 2.45. The van der Waals surface area contributed by atoms with Crippen LogP contribution in [0.5, 0.6) is 0 Å².